The van der Waals surface area contributed by atoms with Gasteiger partial charge < -0.3 is 10.1 Å². The Morgan fingerprint density at radius 1 is 1.38 bits per heavy atom. The summed E-state index contributed by atoms with van der Waals surface area (Å²) in [6.45, 7) is 3.91. The number of carbonyl (C=O) groups is 1. The van der Waals surface area contributed by atoms with E-state index in [0.29, 0.717) is 5.75 Å². The van der Waals surface area contributed by atoms with E-state index in [4.69, 9.17) is 4.74 Å². The first-order chi connectivity index (χ1) is 9.73. The summed E-state index contributed by atoms with van der Waals surface area (Å²) in [7, 11) is -1.68. The SMILES string of the molecule is COc1ccc(C)cc1[C@H](C)NC(=O)CCNS(C)(=O)=O. The number of aryl methyl sites for hydroxylation is 1. The summed E-state index contributed by atoms with van der Waals surface area (Å²) in [5, 5.41) is 2.83. The van der Waals surface area contributed by atoms with Crippen LogP contribution in [0.5, 0.6) is 5.75 Å². The van der Waals surface area contributed by atoms with Crippen LogP contribution in [0.15, 0.2) is 18.2 Å². The lowest BCUT2D eigenvalue weighted by atomic mass is 10.0. The second-order valence-electron chi connectivity index (χ2n) is 4.95. The van der Waals surface area contributed by atoms with E-state index in [1.807, 2.05) is 32.0 Å². The predicted octanol–water partition coefficient (Wildman–Crippen LogP) is 1.12. The molecule has 0 aromatic heterocycles. The molecule has 1 rings (SSSR count). The number of ether oxygens (including phenoxy) is 1. The largest absolute Gasteiger partial charge is 0.496 e. The van der Waals surface area contributed by atoms with Crippen LogP contribution in [0.25, 0.3) is 0 Å². The van der Waals surface area contributed by atoms with Crippen LogP contribution in [0, 0.1) is 6.92 Å². The van der Waals surface area contributed by atoms with E-state index in [2.05, 4.69) is 10.0 Å². The number of nitrogens with one attached hydrogen (secondary N) is 2. The van der Waals surface area contributed by atoms with Crippen molar-refractivity contribution in [1.29, 1.82) is 0 Å². The first-order valence-electron chi connectivity index (χ1n) is 6.61. The minimum Gasteiger partial charge on any atom is -0.496 e. The molecule has 0 aliphatic heterocycles. The minimum atomic E-state index is -3.27. The molecule has 1 aromatic rings. The molecule has 0 unspecified atom stereocenters. The van der Waals surface area contributed by atoms with Gasteiger partial charge in [0.15, 0.2) is 0 Å². The summed E-state index contributed by atoms with van der Waals surface area (Å²) in [5.41, 5.74) is 1.97. The van der Waals surface area contributed by atoms with E-state index in [9.17, 15) is 13.2 Å². The molecule has 7 heteroatoms. The van der Waals surface area contributed by atoms with Crippen LogP contribution in [0.1, 0.15) is 30.5 Å². The average molecular weight is 314 g/mol. The topological polar surface area (TPSA) is 84.5 Å². The summed E-state index contributed by atoms with van der Waals surface area (Å²) < 4.78 is 29.4. The number of methoxy groups -OCH3 is 1. The number of carbonyl (C=O) groups excluding carboxylic acids is 1. The highest BCUT2D eigenvalue weighted by atomic mass is 32.2. The fraction of sp³-hybridized carbons (Fsp3) is 0.500. The molecule has 0 aliphatic rings. The third-order valence-electron chi connectivity index (χ3n) is 2.95. The highest BCUT2D eigenvalue weighted by Gasteiger charge is 2.14. The van der Waals surface area contributed by atoms with E-state index in [0.717, 1.165) is 17.4 Å². The molecule has 0 spiro atoms. The van der Waals surface area contributed by atoms with E-state index < -0.39 is 10.0 Å². The third kappa shape index (κ3) is 6.14. The van der Waals surface area contributed by atoms with Gasteiger partial charge >= 0.3 is 0 Å². The maximum absolute atomic E-state index is 11.8. The highest BCUT2D eigenvalue weighted by molar-refractivity contribution is 7.88. The number of hydrogen-bond acceptors (Lipinski definition) is 4. The van der Waals surface area contributed by atoms with Crippen molar-refractivity contribution < 1.29 is 17.9 Å². The molecule has 1 aromatic carbocycles. The van der Waals surface area contributed by atoms with Gasteiger partial charge in [-0.3, -0.25) is 4.79 Å². The van der Waals surface area contributed by atoms with Gasteiger partial charge in [0.1, 0.15) is 5.75 Å². The van der Waals surface area contributed by atoms with E-state index in [1.165, 1.54) is 0 Å². The molecule has 0 heterocycles. The molecule has 0 radical (unpaired) electrons. The summed E-state index contributed by atoms with van der Waals surface area (Å²) in [6.07, 6.45) is 1.15. The monoisotopic (exact) mass is 314 g/mol. The van der Waals surface area contributed by atoms with Crippen molar-refractivity contribution >= 4 is 15.9 Å². The quantitative estimate of drug-likeness (QED) is 0.790. The maximum Gasteiger partial charge on any atom is 0.221 e. The van der Waals surface area contributed by atoms with Crippen LogP contribution in [-0.4, -0.2) is 34.2 Å². The standard InChI is InChI=1S/C14H22N2O4S/c1-10-5-6-13(20-3)12(9-10)11(2)16-14(17)7-8-15-21(4,18)19/h5-6,9,11,15H,7-8H2,1-4H3,(H,16,17)/t11-/m0/s1. The second kappa shape index (κ2) is 7.42. The molecule has 0 aliphatic carbocycles. The van der Waals surface area contributed by atoms with Gasteiger partial charge in [0, 0.05) is 18.5 Å². The van der Waals surface area contributed by atoms with Gasteiger partial charge in [-0.1, -0.05) is 17.7 Å². The Balaban J connectivity index is 2.62. The van der Waals surface area contributed by atoms with Gasteiger partial charge in [-0.05, 0) is 19.9 Å². The molecule has 2 N–H and O–H groups in total. The Labute approximate surface area is 125 Å². The van der Waals surface area contributed by atoms with E-state index >= 15 is 0 Å². The fourth-order valence-corrected chi connectivity index (χ4v) is 2.41. The second-order valence-corrected chi connectivity index (χ2v) is 6.78. The fourth-order valence-electron chi connectivity index (χ4n) is 1.93. The maximum atomic E-state index is 11.8. The van der Waals surface area contributed by atoms with Crippen molar-refractivity contribution in [2.45, 2.75) is 26.3 Å². The highest BCUT2D eigenvalue weighted by Crippen LogP contribution is 2.25. The summed E-state index contributed by atoms with van der Waals surface area (Å²) in [5.74, 6) is 0.491. The van der Waals surface area contributed by atoms with Crippen molar-refractivity contribution in [2.24, 2.45) is 0 Å². The third-order valence-corrected chi connectivity index (χ3v) is 3.67. The lowest BCUT2D eigenvalue weighted by molar-refractivity contribution is -0.121. The molecular weight excluding hydrogens is 292 g/mol. The summed E-state index contributed by atoms with van der Waals surface area (Å²) in [4.78, 5) is 11.8. The van der Waals surface area contributed by atoms with Crippen LogP contribution in [-0.2, 0) is 14.8 Å². The van der Waals surface area contributed by atoms with Crippen molar-refractivity contribution in [2.75, 3.05) is 19.9 Å². The molecule has 1 amide bonds. The van der Waals surface area contributed by atoms with Crippen LogP contribution in [0.2, 0.25) is 0 Å². The van der Waals surface area contributed by atoms with E-state index in [-0.39, 0.29) is 24.9 Å². The van der Waals surface area contributed by atoms with Gasteiger partial charge in [0.2, 0.25) is 15.9 Å². The average Bonchev–Trinajstić information content (AvgIpc) is 2.37. The number of benzene rings is 1. The first kappa shape index (κ1) is 17.5. The van der Waals surface area contributed by atoms with Crippen LogP contribution in [0.3, 0.4) is 0 Å². The predicted molar refractivity (Wildman–Crippen MR) is 81.8 cm³/mol. The molecule has 6 nitrogen and oxygen atoms in total. The van der Waals surface area contributed by atoms with E-state index in [1.54, 1.807) is 7.11 Å². The van der Waals surface area contributed by atoms with Crippen LogP contribution >= 0.6 is 0 Å². The van der Waals surface area contributed by atoms with Gasteiger partial charge in [-0.25, -0.2) is 13.1 Å². The summed E-state index contributed by atoms with van der Waals surface area (Å²) in [6, 6.07) is 5.54. The van der Waals surface area contributed by atoms with Crippen molar-refractivity contribution in [1.82, 2.24) is 10.0 Å². The van der Waals surface area contributed by atoms with Crippen molar-refractivity contribution in [3.63, 3.8) is 0 Å². The number of sulfonamides is 1. The van der Waals surface area contributed by atoms with Crippen molar-refractivity contribution in [3.05, 3.63) is 29.3 Å². The zero-order valence-electron chi connectivity index (χ0n) is 12.8. The Morgan fingerprint density at radius 2 is 2.05 bits per heavy atom. The number of hydrogen-bond donors (Lipinski definition) is 2. The molecule has 21 heavy (non-hydrogen) atoms. The minimum absolute atomic E-state index is 0.0857. The molecule has 0 bridgehead atoms. The number of rotatable bonds is 7. The van der Waals surface area contributed by atoms with Gasteiger partial charge in [0.05, 0.1) is 19.4 Å². The zero-order valence-corrected chi connectivity index (χ0v) is 13.6. The Hall–Kier alpha value is -1.60. The molecular formula is C14H22N2O4S. The molecule has 1 atom stereocenters. The van der Waals surface area contributed by atoms with Gasteiger partial charge in [-0.2, -0.15) is 0 Å². The lowest BCUT2D eigenvalue weighted by Crippen LogP contribution is -2.31. The Morgan fingerprint density at radius 3 is 2.62 bits per heavy atom. The van der Waals surface area contributed by atoms with Crippen molar-refractivity contribution in [3.8, 4) is 5.75 Å². The normalized spacial score (nSPS) is 12.8. The lowest BCUT2D eigenvalue weighted by Gasteiger charge is -2.18. The first-order valence-corrected chi connectivity index (χ1v) is 8.50. The zero-order chi connectivity index (χ0) is 16.0. The van der Waals surface area contributed by atoms with Crippen LogP contribution < -0.4 is 14.8 Å². The van der Waals surface area contributed by atoms with Gasteiger partial charge in [-0.15, -0.1) is 0 Å². The summed E-state index contributed by atoms with van der Waals surface area (Å²) >= 11 is 0. The molecule has 0 saturated heterocycles. The number of amides is 1. The molecule has 0 saturated carbocycles. The molecule has 0 fully saturated rings. The Bertz CT molecular complexity index is 599. The molecule has 118 valence electrons. The Kier molecular flexibility index (Phi) is 6.17. The van der Waals surface area contributed by atoms with Crippen LogP contribution in [0.4, 0.5) is 0 Å². The smallest absolute Gasteiger partial charge is 0.221 e. The van der Waals surface area contributed by atoms with Gasteiger partial charge in [0.25, 0.3) is 0 Å².